The van der Waals surface area contributed by atoms with Crippen molar-refractivity contribution < 1.29 is 4.79 Å². The largest absolute Gasteiger partial charge is 0.338 e. The Hall–Kier alpha value is -1.59. The zero-order valence-corrected chi connectivity index (χ0v) is 15.6. The fraction of sp³-hybridized carbons (Fsp3) is 0.650. The van der Waals surface area contributed by atoms with E-state index in [2.05, 4.69) is 27.5 Å². The predicted molar refractivity (Wildman–Crippen MR) is 103 cm³/mol. The Morgan fingerprint density at radius 1 is 1.12 bits per heavy atom. The first-order valence-corrected chi connectivity index (χ1v) is 9.64. The van der Waals surface area contributed by atoms with Crippen LogP contribution in [0, 0.1) is 12.8 Å². The van der Waals surface area contributed by atoms with Gasteiger partial charge in [0.25, 0.3) is 0 Å². The second kappa shape index (κ2) is 8.68. The summed E-state index contributed by atoms with van der Waals surface area (Å²) >= 11 is 0. The van der Waals surface area contributed by atoms with Gasteiger partial charge in [0.15, 0.2) is 0 Å². The molecule has 0 radical (unpaired) electrons. The number of benzene rings is 1. The number of hydrogen-bond donors (Lipinski definition) is 2. The molecule has 1 aromatic carbocycles. The summed E-state index contributed by atoms with van der Waals surface area (Å²) in [5, 5.41) is 5.98. The van der Waals surface area contributed by atoms with Crippen molar-refractivity contribution in [3.05, 3.63) is 29.8 Å². The van der Waals surface area contributed by atoms with E-state index in [1.807, 2.05) is 31.2 Å². The molecule has 2 saturated heterocycles. The number of hydrogen-bond acceptors (Lipinski definition) is 3. The zero-order chi connectivity index (χ0) is 17.6. The molecule has 138 valence electrons. The van der Waals surface area contributed by atoms with Crippen molar-refractivity contribution in [3.63, 3.8) is 0 Å². The SMILES string of the molecule is Cc1ccc(NC(=O)NC[C@H]2CCCN(C3CCN(C)CC3)C2)cc1. The number of carbonyl (C=O) groups excluding carboxylic acids is 1. The van der Waals surface area contributed by atoms with E-state index < -0.39 is 0 Å². The molecular formula is C20H32N4O. The van der Waals surface area contributed by atoms with Crippen molar-refractivity contribution in [2.45, 2.75) is 38.6 Å². The maximum absolute atomic E-state index is 12.1. The van der Waals surface area contributed by atoms with E-state index in [0.717, 1.165) is 24.8 Å². The fourth-order valence-electron chi connectivity index (χ4n) is 4.00. The second-order valence-electron chi connectivity index (χ2n) is 7.74. The number of anilines is 1. The summed E-state index contributed by atoms with van der Waals surface area (Å²) in [5.74, 6) is 0.567. The lowest BCUT2D eigenvalue weighted by Gasteiger charge is -2.41. The van der Waals surface area contributed by atoms with Gasteiger partial charge >= 0.3 is 6.03 Å². The van der Waals surface area contributed by atoms with Crippen LogP contribution >= 0.6 is 0 Å². The Morgan fingerprint density at radius 2 is 1.84 bits per heavy atom. The van der Waals surface area contributed by atoms with Crippen molar-refractivity contribution in [1.82, 2.24) is 15.1 Å². The average molecular weight is 345 g/mol. The van der Waals surface area contributed by atoms with Crippen molar-refractivity contribution in [2.24, 2.45) is 5.92 Å². The molecule has 2 aliphatic heterocycles. The highest BCUT2D eigenvalue weighted by Gasteiger charge is 2.28. The monoisotopic (exact) mass is 344 g/mol. The highest BCUT2D eigenvalue weighted by molar-refractivity contribution is 5.89. The van der Waals surface area contributed by atoms with Gasteiger partial charge in [-0.1, -0.05) is 17.7 Å². The maximum atomic E-state index is 12.1. The predicted octanol–water partition coefficient (Wildman–Crippen LogP) is 2.92. The van der Waals surface area contributed by atoms with Crippen LogP contribution in [0.4, 0.5) is 10.5 Å². The van der Waals surface area contributed by atoms with Gasteiger partial charge in [0.05, 0.1) is 0 Å². The van der Waals surface area contributed by atoms with E-state index in [1.54, 1.807) is 0 Å². The molecule has 5 heteroatoms. The quantitative estimate of drug-likeness (QED) is 0.883. The Labute approximate surface area is 151 Å². The van der Waals surface area contributed by atoms with Gasteiger partial charge in [-0.25, -0.2) is 4.79 Å². The number of aryl methyl sites for hydroxylation is 1. The normalized spacial score (nSPS) is 23.4. The van der Waals surface area contributed by atoms with Crippen LogP contribution in [0.3, 0.4) is 0 Å². The standard InChI is InChI=1S/C20H32N4O/c1-16-5-7-18(8-6-16)22-20(25)21-14-17-4-3-11-24(15-17)19-9-12-23(2)13-10-19/h5-8,17,19H,3-4,9-15H2,1-2H3,(H2,21,22,25)/t17-/m1/s1. The molecular weight excluding hydrogens is 312 g/mol. The van der Waals surface area contributed by atoms with E-state index in [1.165, 1.54) is 50.9 Å². The van der Waals surface area contributed by atoms with E-state index in [9.17, 15) is 4.79 Å². The van der Waals surface area contributed by atoms with E-state index in [-0.39, 0.29) is 6.03 Å². The summed E-state index contributed by atoms with van der Waals surface area (Å²) in [4.78, 5) is 17.2. The smallest absolute Gasteiger partial charge is 0.319 e. The van der Waals surface area contributed by atoms with Gasteiger partial charge in [-0.05, 0) is 77.3 Å². The number of rotatable bonds is 4. The molecule has 25 heavy (non-hydrogen) atoms. The summed E-state index contributed by atoms with van der Waals surface area (Å²) < 4.78 is 0. The number of urea groups is 1. The molecule has 0 spiro atoms. The molecule has 1 atom stereocenters. The third-order valence-electron chi connectivity index (χ3n) is 5.62. The number of carbonyl (C=O) groups is 1. The molecule has 5 nitrogen and oxygen atoms in total. The van der Waals surface area contributed by atoms with Crippen LogP contribution in [-0.2, 0) is 0 Å². The number of piperidine rings is 2. The third kappa shape index (κ3) is 5.44. The van der Waals surface area contributed by atoms with E-state index in [4.69, 9.17) is 0 Å². The molecule has 2 fully saturated rings. The van der Waals surface area contributed by atoms with Crippen molar-refractivity contribution in [2.75, 3.05) is 45.1 Å². The van der Waals surface area contributed by atoms with E-state index in [0.29, 0.717) is 5.92 Å². The van der Waals surface area contributed by atoms with Gasteiger partial charge in [-0.15, -0.1) is 0 Å². The highest BCUT2D eigenvalue weighted by Crippen LogP contribution is 2.23. The molecule has 2 amide bonds. The lowest BCUT2D eigenvalue weighted by Crippen LogP contribution is -2.49. The van der Waals surface area contributed by atoms with Crippen molar-refractivity contribution >= 4 is 11.7 Å². The van der Waals surface area contributed by atoms with Crippen LogP contribution in [0.5, 0.6) is 0 Å². The van der Waals surface area contributed by atoms with Crippen LogP contribution in [0.1, 0.15) is 31.2 Å². The Balaban J connectivity index is 1.41. The van der Waals surface area contributed by atoms with Gasteiger partial charge in [-0.2, -0.15) is 0 Å². The van der Waals surface area contributed by atoms with Gasteiger partial charge in [0, 0.05) is 24.8 Å². The Kier molecular flexibility index (Phi) is 6.32. The second-order valence-corrected chi connectivity index (χ2v) is 7.74. The van der Waals surface area contributed by atoms with Crippen LogP contribution in [-0.4, -0.2) is 61.6 Å². The van der Waals surface area contributed by atoms with Crippen LogP contribution < -0.4 is 10.6 Å². The lowest BCUT2D eigenvalue weighted by atomic mass is 9.94. The van der Waals surface area contributed by atoms with Crippen LogP contribution in [0.15, 0.2) is 24.3 Å². The minimum Gasteiger partial charge on any atom is -0.338 e. The first kappa shape index (κ1) is 18.2. The van der Waals surface area contributed by atoms with Crippen LogP contribution in [0.25, 0.3) is 0 Å². The maximum Gasteiger partial charge on any atom is 0.319 e. The molecule has 2 aliphatic rings. The topological polar surface area (TPSA) is 47.6 Å². The van der Waals surface area contributed by atoms with Gasteiger partial charge in [0.2, 0.25) is 0 Å². The number of amides is 2. The molecule has 0 bridgehead atoms. The lowest BCUT2D eigenvalue weighted by molar-refractivity contribution is 0.0792. The summed E-state index contributed by atoms with van der Waals surface area (Å²) in [6, 6.07) is 8.54. The molecule has 0 aromatic heterocycles. The molecule has 3 rings (SSSR count). The highest BCUT2D eigenvalue weighted by atomic mass is 16.2. The third-order valence-corrected chi connectivity index (χ3v) is 5.62. The first-order valence-electron chi connectivity index (χ1n) is 9.64. The van der Waals surface area contributed by atoms with E-state index >= 15 is 0 Å². The molecule has 1 aromatic rings. The minimum atomic E-state index is -0.0970. The van der Waals surface area contributed by atoms with Gasteiger partial charge in [-0.3, -0.25) is 4.90 Å². The van der Waals surface area contributed by atoms with Crippen LogP contribution in [0.2, 0.25) is 0 Å². The number of nitrogens with zero attached hydrogens (tertiary/aromatic N) is 2. The average Bonchev–Trinajstić information content (AvgIpc) is 2.63. The summed E-state index contributed by atoms with van der Waals surface area (Å²) in [6.45, 7) is 7.58. The summed E-state index contributed by atoms with van der Waals surface area (Å²) in [7, 11) is 2.21. The zero-order valence-electron chi connectivity index (χ0n) is 15.6. The molecule has 0 saturated carbocycles. The minimum absolute atomic E-state index is 0.0970. The fourth-order valence-corrected chi connectivity index (χ4v) is 4.00. The molecule has 2 N–H and O–H groups in total. The van der Waals surface area contributed by atoms with Crippen molar-refractivity contribution in [3.8, 4) is 0 Å². The van der Waals surface area contributed by atoms with Gasteiger partial charge in [0.1, 0.15) is 0 Å². The number of nitrogens with one attached hydrogen (secondary N) is 2. The summed E-state index contributed by atoms with van der Waals surface area (Å²) in [6.07, 6.45) is 5.03. The Morgan fingerprint density at radius 3 is 2.56 bits per heavy atom. The molecule has 2 heterocycles. The molecule has 0 aliphatic carbocycles. The first-order chi connectivity index (χ1) is 12.1. The Bertz CT molecular complexity index is 551. The molecule has 0 unspecified atom stereocenters. The summed E-state index contributed by atoms with van der Waals surface area (Å²) in [5.41, 5.74) is 2.04. The number of likely N-dealkylation sites (tertiary alicyclic amines) is 2. The van der Waals surface area contributed by atoms with Crippen molar-refractivity contribution in [1.29, 1.82) is 0 Å². The van der Waals surface area contributed by atoms with Gasteiger partial charge < -0.3 is 15.5 Å².